The Bertz CT molecular complexity index is 815. The molecule has 1 aliphatic rings. The summed E-state index contributed by atoms with van der Waals surface area (Å²) in [4.78, 5) is 0. The van der Waals surface area contributed by atoms with Crippen LogP contribution < -0.4 is 10.5 Å². The highest BCUT2D eigenvalue weighted by Crippen LogP contribution is 2.29. The molecule has 3 rings (SSSR count). The third-order valence-electron chi connectivity index (χ3n) is 4.60. The monoisotopic (exact) mass is 360 g/mol. The minimum absolute atomic E-state index is 0.0222. The molecule has 0 aliphatic carbocycles. The van der Waals surface area contributed by atoms with Crippen LogP contribution in [0.15, 0.2) is 48.5 Å². The van der Waals surface area contributed by atoms with Crippen molar-refractivity contribution in [2.45, 2.75) is 31.1 Å². The maximum absolute atomic E-state index is 12.2. The molecular weight excluding hydrogens is 336 g/mol. The number of nitrogens with one attached hydrogen (secondary N) is 1. The number of rotatable bonds is 5. The molecule has 0 radical (unpaired) electrons. The average molecular weight is 360 g/mol. The van der Waals surface area contributed by atoms with Gasteiger partial charge in [0.1, 0.15) is 0 Å². The summed E-state index contributed by atoms with van der Waals surface area (Å²) in [6, 6.07) is 15.7. The molecule has 134 valence electrons. The number of sulfonamides is 1. The van der Waals surface area contributed by atoms with Crippen molar-refractivity contribution in [1.29, 1.82) is 0 Å². The fourth-order valence-corrected chi connectivity index (χ4v) is 3.87. The Labute approximate surface area is 149 Å². The summed E-state index contributed by atoms with van der Waals surface area (Å²) in [7, 11) is -3.32. The molecule has 6 heteroatoms. The van der Waals surface area contributed by atoms with Crippen molar-refractivity contribution in [2.75, 3.05) is 18.9 Å². The van der Waals surface area contributed by atoms with Gasteiger partial charge in [-0.2, -0.15) is 0 Å². The molecule has 3 N–H and O–H groups in total. The molecule has 1 heterocycles. The predicted molar refractivity (Wildman–Crippen MR) is 101 cm³/mol. The van der Waals surface area contributed by atoms with Crippen LogP contribution in [-0.4, -0.2) is 32.9 Å². The van der Waals surface area contributed by atoms with Gasteiger partial charge in [-0.05, 0) is 42.7 Å². The molecule has 0 saturated carbocycles. The zero-order valence-electron chi connectivity index (χ0n) is 14.5. The van der Waals surface area contributed by atoms with Gasteiger partial charge in [0.05, 0.1) is 24.5 Å². The van der Waals surface area contributed by atoms with E-state index in [1.165, 1.54) is 0 Å². The van der Waals surface area contributed by atoms with Gasteiger partial charge in [0.15, 0.2) is 0 Å². The molecule has 0 aromatic heterocycles. The minimum Gasteiger partial charge on any atom is -0.399 e. The number of nitrogens with two attached hydrogens (primary N) is 1. The molecular formula is C19H24N2O3S. The molecule has 0 bridgehead atoms. The maximum Gasteiger partial charge on any atom is 0.214 e. The number of hydrogen-bond donors (Lipinski definition) is 2. The van der Waals surface area contributed by atoms with E-state index in [1.807, 2.05) is 48.5 Å². The van der Waals surface area contributed by atoms with E-state index in [1.54, 1.807) is 13.8 Å². The van der Waals surface area contributed by atoms with E-state index < -0.39 is 15.3 Å². The Kier molecular flexibility index (Phi) is 5.13. The first-order chi connectivity index (χ1) is 11.9. The van der Waals surface area contributed by atoms with Gasteiger partial charge in [-0.3, -0.25) is 0 Å². The van der Waals surface area contributed by atoms with Gasteiger partial charge in [0, 0.05) is 11.6 Å². The number of ether oxygens (including phenoxy) is 1. The van der Waals surface area contributed by atoms with Gasteiger partial charge in [-0.15, -0.1) is 0 Å². The first-order valence-electron chi connectivity index (χ1n) is 8.41. The highest BCUT2D eigenvalue weighted by atomic mass is 32.2. The van der Waals surface area contributed by atoms with Crippen LogP contribution in [0.25, 0.3) is 11.1 Å². The lowest BCUT2D eigenvalue weighted by molar-refractivity contribution is 0.189. The normalized spacial score (nSPS) is 20.9. The van der Waals surface area contributed by atoms with Crippen molar-refractivity contribution in [3.63, 3.8) is 0 Å². The Morgan fingerprint density at radius 1 is 1.00 bits per heavy atom. The van der Waals surface area contributed by atoms with Crippen molar-refractivity contribution < 1.29 is 13.2 Å². The predicted octanol–water partition coefficient (Wildman–Crippen LogP) is 2.75. The lowest BCUT2D eigenvalue weighted by Gasteiger charge is -2.21. The second kappa shape index (κ2) is 7.15. The fourth-order valence-electron chi connectivity index (χ4n) is 2.94. The summed E-state index contributed by atoms with van der Waals surface area (Å²) < 4.78 is 32.6. The van der Waals surface area contributed by atoms with E-state index in [9.17, 15) is 8.42 Å². The molecule has 1 saturated heterocycles. The van der Waals surface area contributed by atoms with Gasteiger partial charge in [0.2, 0.25) is 10.0 Å². The zero-order chi connectivity index (χ0) is 18.0. The minimum atomic E-state index is -3.32. The first-order valence-corrected chi connectivity index (χ1v) is 9.96. The Morgan fingerprint density at radius 3 is 2.12 bits per heavy atom. The van der Waals surface area contributed by atoms with Crippen LogP contribution in [-0.2, 0) is 14.8 Å². The Hall–Kier alpha value is -1.89. The molecule has 0 unspecified atom stereocenters. The van der Waals surface area contributed by atoms with Crippen LogP contribution in [0, 0.1) is 0 Å². The highest BCUT2D eigenvalue weighted by Gasteiger charge is 2.33. The van der Waals surface area contributed by atoms with Crippen LogP contribution in [0.2, 0.25) is 0 Å². The van der Waals surface area contributed by atoms with Gasteiger partial charge >= 0.3 is 0 Å². The van der Waals surface area contributed by atoms with E-state index >= 15 is 0 Å². The zero-order valence-corrected chi connectivity index (χ0v) is 15.3. The van der Waals surface area contributed by atoms with E-state index in [-0.39, 0.29) is 12.0 Å². The van der Waals surface area contributed by atoms with Crippen molar-refractivity contribution >= 4 is 15.7 Å². The Morgan fingerprint density at radius 2 is 1.56 bits per heavy atom. The molecule has 0 spiro atoms. The standard InChI is InChI=1S/C19H24N2O3S/c1-13(2)25(22,23)21-19-12-24-11-18(19)16-5-3-14(4-6-16)15-7-9-17(20)10-8-15/h3-10,13,18-19,21H,11-12,20H2,1-2H3/t18-,19-/m1/s1. The Balaban J connectivity index is 1.78. The van der Waals surface area contributed by atoms with Crippen molar-refractivity contribution in [3.05, 3.63) is 54.1 Å². The van der Waals surface area contributed by atoms with Gasteiger partial charge in [-0.1, -0.05) is 36.4 Å². The summed E-state index contributed by atoms with van der Waals surface area (Å²) in [5.41, 5.74) is 9.74. The summed E-state index contributed by atoms with van der Waals surface area (Å²) in [6.45, 7) is 4.27. The quantitative estimate of drug-likeness (QED) is 0.804. The molecule has 2 aromatic carbocycles. The second-order valence-corrected chi connectivity index (χ2v) is 8.97. The molecule has 1 aliphatic heterocycles. The van der Waals surface area contributed by atoms with Gasteiger partial charge in [0.25, 0.3) is 0 Å². The van der Waals surface area contributed by atoms with E-state index in [0.717, 1.165) is 22.4 Å². The molecule has 1 fully saturated rings. The van der Waals surface area contributed by atoms with Gasteiger partial charge < -0.3 is 10.5 Å². The topological polar surface area (TPSA) is 81.4 Å². The third kappa shape index (κ3) is 4.03. The summed E-state index contributed by atoms with van der Waals surface area (Å²) in [6.07, 6.45) is 0. The number of anilines is 1. The summed E-state index contributed by atoms with van der Waals surface area (Å²) in [5.74, 6) is 0.0222. The smallest absolute Gasteiger partial charge is 0.214 e. The van der Waals surface area contributed by atoms with Gasteiger partial charge in [-0.25, -0.2) is 13.1 Å². The van der Waals surface area contributed by atoms with Crippen molar-refractivity contribution in [3.8, 4) is 11.1 Å². The van der Waals surface area contributed by atoms with Crippen LogP contribution >= 0.6 is 0 Å². The van der Waals surface area contributed by atoms with Crippen LogP contribution in [0.5, 0.6) is 0 Å². The van der Waals surface area contributed by atoms with Crippen LogP contribution in [0.1, 0.15) is 25.3 Å². The fraction of sp³-hybridized carbons (Fsp3) is 0.368. The number of hydrogen-bond acceptors (Lipinski definition) is 4. The first kappa shape index (κ1) is 17.9. The van der Waals surface area contributed by atoms with E-state index in [0.29, 0.717) is 13.2 Å². The molecule has 2 atom stereocenters. The van der Waals surface area contributed by atoms with Crippen LogP contribution in [0.4, 0.5) is 5.69 Å². The number of nitrogen functional groups attached to an aromatic ring is 1. The van der Waals surface area contributed by atoms with Crippen molar-refractivity contribution in [1.82, 2.24) is 4.72 Å². The summed E-state index contributed by atoms with van der Waals surface area (Å²) >= 11 is 0. The molecule has 0 amide bonds. The van der Waals surface area contributed by atoms with E-state index in [2.05, 4.69) is 4.72 Å². The molecule has 25 heavy (non-hydrogen) atoms. The highest BCUT2D eigenvalue weighted by molar-refractivity contribution is 7.90. The lowest BCUT2D eigenvalue weighted by Crippen LogP contribution is -2.42. The summed E-state index contributed by atoms with van der Waals surface area (Å²) in [5, 5.41) is -0.457. The average Bonchev–Trinajstić information content (AvgIpc) is 3.03. The third-order valence-corrected chi connectivity index (χ3v) is 6.47. The molecule has 5 nitrogen and oxygen atoms in total. The molecule has 2 aromatic rings. The maximum atomic E-state index is 12.2. The number of benzene rings is 2. The van der Waals surface area contributed by atoms with E-state index in [4.69, 9.17) is 10.5 Å². The van der Waals surface area contributed by atoms with Crippen LogP contribution in [0.3, 0.4) is 0 Å². The lowest BCUT2D eigenvalue weighted by atomic mass is 9.93. The van der Waals surface area contributed by atoms with Crippen molar-refractivity contribution in [2.24, 2.45) is 0 Å². The second-order valence-electron chi connectivity index (χ2n) is 6.71. The SMILES string of the molecule is CC(C)S(=O)(=O)N[C@@H]1COC[C@@H]1c1ccc(-c2ccc(N)cc2)cc1. The largest absolute Gasteiger partial charge is 0.399 e.